The number of piperidine rings is 1. The molecule has 3 rings (SSSR count). The molecule has 2 aliphatic heterocycles. The highest BCUT2D eigenvalue weighted by Crippen LogP contribution is 2.23. The van der Waals surface area contributed by atoms with Crippen molar-refractivity contribution in [2.45, 2.75) is 25.3 Å². The second kappa shape index (κ2) is 5.01. The molecular weight excluding hydrogens is 274 g/mol. The molecule has 3 N–H and O–H groups in total. The van der Waals surface area contributed by atoms with E-state index >= 15 is 0 Å². The van der Waals surface area contributed by atoms with E-state index < -0.39 is 17.9 Å². The number of fused-ring (bicyclic) bond motifs is 1. The van der Waals surface area contributed by atoms with Crippen molar-refractivity contribution in [1.29, 1.82) is 0 Å². The Bertz CT molecular complexity index is 668. The summed E-state index contributed by atoms with van der Waals surface area (Å²) in [6, 6.07) is 4.18. The van der Waals surface area contributed by atoms with Crippen molar-refractivity contribution >= 4 is 29.3 Å². The second-order valence-electron chi connectivity index (χ2n) is 5.07. The van der Waals surface area contributed by atoms with Crippen LogP contribution in [0.15, 0.2) is 18.2 Å². The van der Waals surface area contributed by atoms with Crippen molar-refractivity contribution in [2.24, 2.45) is 0 Å². The third-order valence-corrected chi connectivity index (χ3v) is 3.54. The van der Waals surface area contributed by atoms with Gasteiger partial charge in [-0.2, -0.15) is 0 Å². The summed E-state index contributed by atoms with van der Waals surface area (Å²) in [7, 11) is 0. The molecule has 0 radical (unpaired) electrons. The van der Waals surface area contributed by atoms with Crippen LogP contribution in [0.2, 0.25) is 0 Å². The van der Waals surface area contributed by atoms with Crippen LogP contribution in [0.25, 0.3) is 0 Å². The van der Waals surface area contributed by atoms with Gasteiger partial charge in [0.05, 0.1) is 6.42 Å². The molecule has 21 heavy (non-hydrogen) atoms. The van der Waals surface area contributed by atoms with Gasteiger partial charge in [-0.15, -0.1) is 0 Å². The number of amides is 4. The number of rotatable bonds is 2. The zero-order valence-electron chi connectivity index (χ0n) is 11.1. The topological polar surface area (TPSA) is 104 Å². The van der Waals surface area contributed by atoms with E-state index in [4.69, 9.17) is 0 Å². The van der Waals surface area contributed by atoms with Crippen LogP contribution in [-0.2, 0) is 20.8 Å². The first kappa shape index (κ1) is 13.3. The van der Waals surface area contributed by atoms with Crippen LogP contribution in [-0.4, -0.2) is 29.7 Å². The molecule has 7 nitrogen and oxygen atoms in total. The second-order valence-corrected chi connectivity index (χ2v) is 5.07. The Balaban J connectivity index is 1.72. The Kier molecular flexibility index (Phi) is 3.17. The number of hydrogen-bond donors (Lipinski definition) is 3. The molecule has 4 amide bonds. The van der Waals surface area contributed by atoms with E-state index in [1.807, 2.05) is 0 Å². The van der Waals surface area contributed by atoms with Gasteiger partial charge in [0.2, 0.25) is 17.7 Å². The van der Waals surface area contributed by atoms with Crippen molar-refractivity contribution in [2.75, 3.05) is 5.32 Å². The Hall–Kier alpha value is -2.70. The van der Waals surface area contributed by atoms with Gasteiger partial charge in [-0.05, 0) is 30.2 Å². The minimum Gasteiger partial charge on any atom is -0.340 e. The predicted molar refractivity (Wildman–Crippen MR) is 72.4 cm³/mol. The maximum absolute atomic E-state index is 12.1. The molecule has 0 aliphatic carbocycles. The van der Waals surface area contributed by atoms with Crippen molar-refractivity contribution in [3.05, 3.63) is 29.3 Å². The molecule has 7 heteroatoms. The number of nitrogens with one attached hydrogen (secondary N) is 3. The molecule has 2 heterocycles. The van der Waals surface area contributed by atoms with Gasteiger partial charge in [-0.25, -0.2) is 0 Å². The largest absolute Gasteiger partial charge is 0.340 e. The summed E-state index contributed by atoms with van der Waals surface area (Å²) in [5.41, 5.74) is 1.85. The van der Waals surface area contributed by atoms with Crippen LogP contribution in [0.4, 0.5) is 5.69 Å². The molecule has 2 aliphatic rings. The van der Waals surface area contributed by atoms with Crippen molar-refractivity contribution in [1.82, 2.24) is 10.6 Å². The minimum absolute atomic E-state index is 0.104. The molecule has 0 saturated carbocycles. The predicted octanol–water partition coefficient (Wildman–Crippen LogP) is -0.284. The van der Waals surface area contributed by atoms with Crippen molar-refractivity contribution < 1.29 is 19.2 Å². The Morgan fingerprint density at radius 1 is 1.14 bits per heavy atom. The molecule has 1 saturated heterocycles. The minimum atomic E-state index is -0.705. The maximum atomic E-state index is 12.1. The van der Waals surface area contributed by atoms with E-state index in [2.05, 4.69) is 16.0 Å². The van der Waals surface area contributed by atoms with Crippen LogP contribution in [0.1, 0.15) is 28.8 Å². The smallest absolute Gasteiger partial charge is 0.251 e. The lowest BCUT2D eigenvalue weighted by molar-refractivity contribution is -0.134. The van der Waals surface area contributed by atoms with Crippen LogP contribution >= 0.6 is 0 Å². The summed E-state index contributed by atoms with van der Waals surface area (Å²) < 4.78 is 0. The highest BCUT2D eigenvalue weighted by molar-refractivity contribution is 6.05. The van der Waals surface area contributed by atoms with Gasteiger partial charge in [-0.3, -0.25) is 24.5 Å². The zero-order valence-corrected chi connectivity index (χ0v) is 11.1. The summed E-state index contributed by atoms with van der Waals surface area (Å²) in [6.45, 7) is 0. The third kappa shape index (κ3) is 2.62. The van der Waals surface area contributed by atoms with Gasteiger partial charge >= 0.3 is 0 Å². The summed E-state index contributed by atoms with van der Waals surface area (Å²) in [5, 5.41) is 7.47. The number of benzene rings is 1. The Morgan fingerprint density at radius 3 is 2.71 bits per heavy atom. The monoisotopic (exact) mass is 287 g/mol. The van der Waals surface area contributed by atoms with Gasteiger partial charge in [-0.1, -0.05) is 0 Å². The lowest BCUT2D eigenvalue weighted by atomic mass is 10.0. The molecule has 1 aromatic carbocycles. The average molecular weight is 287 g/mol. The highest BCUT2D eigenvalue weighted by atomic mass is 16.2. The molecule has 108 valence electrons. The van der Waals surface area contributed by atoms with E-state index in [1.165, 1.54) is 0 Å². The van der Waals surface area contributed by atoms with E-state index in [0.717, 1.165) is 5.56 Å². The van der Waals surface area contributed by atoms with Gasteiger partial charge in [0.25, 0.3) is 5.91 Å². The Morgan fingerprint density at radius 2 is 1.95 bits per heavy atom. The number of carbonyl (C=O) groups is 4. The highest BCUT2D eigenvalue weighted by Gasteiger charge is 2.28. The lowest BCUT2D eigenvalue weighted by Gasteiger charge is -2.21. The van der Waals surface area contributed by atoms with Crippen molar-refractivity contribution in [3.63, 3.8) is 0 Å². The van der Waals surface area contributed by atoms with Crippen LogP contribution < -0.4 is 16.0 Å². The fourth-order valence-electron chi connectivity index (χ4n) is 2.44. The number of carbonyl (C=O) groups excluding carboxylic acids is 4. The molecule has 1 atom stereocenters. The normalized spacial score (nSPS) is 20.6. The SMILES string of the molecule is O=C1CCC(NC(=O)c2ccc3c(c2)CC(=O)N3)C(=O)N1. The Labute approximate surface area is 120 Å². The van der Waals surface area contributed by atoms with E-state index in [9.17, 15) is 19.2 Å². The van der Waals surface area contributed by atoms with E-state index in [0.29, 0.717) is 17.7 Å². The quantitative estimate of drug-likeness (QED) is 0.650. The van der Waals surface area contributed by atoms with Gasteiger partial charge in [0, 0.05) is 17.7 Å². The van der Waals surface area contributed by atoms with Gasteiger partial charge < -0.3 is 10.6 Å². The number of hydrogen-bond acceptors (Lipinski definition) is 4. The first-order valence-corrected chi connectivity index (χ1v) is 6.60. The molecule has 1 aromatic rings. The number of anilines is 1. The van der Waals surface area contributed by atoms with Crippen molar-refractivity contribution in [3.8, 4) is 0 Å². The molecule has 1 unspecified atom stereocenters. The molecule has 1 fully saturated rings. The van der Waals surface area contributed by atoms with Crippen LogP contribution in [0, 0.1) is 0 Å². The van der Waals surface area contributed by atoms with E-state index in [-0.39, 0.29) is 24.7 Å². The number of imide groups is 1. The zero-order chi connectivity index (χ0) is 15.0. The average Bonchev–Trinajstić information content (AvgIpc) is 2.80. The van der Waals surface area contributed by atoms with Crippen LogP contribution in [0.3, 0.4) is 0 Å². The summed E-state index contributed by atoms with van der Waals surface area (Å²) in [5.74, 6) is -1.32. The maximum Gasteiger partial charge on any atom is 0.251 e. The third-order valence-electron chi connectivity index (χ3n) is 3.54. The molecular formula is C14H13N3O4. The lowest BCUT2D eigenvalue weighted by Crippen LogP contribution is -2.52. The fourth-order valence-corrected chi connectivity index (χ4v) is 2.44. The molecule has 0 aromatic heterocycles. The van der Waals surface area contributed by atoms with Crippen LogP contribution in [0.5, 0.6) is 0 Å². The molecule has 0 spiro atoms. The first-order chi connectivity index (χ1) is 10.0. The first-order valence-electron chi connectivity index (χ1n) is 6.60. The standard InChI is InChI=1S/C14H13N3O4/c18-11-4-3-10(14(21)17-11)16-13(20)7-1-2-9-8(5-7)6-12(19)15-9/h1-2,5,10H,3-4,6H2,(H,15,19)(H,16,20)(H,17,18,21). The molecule has 0 bridgehead atoms. The summed E-state index contributed by atoms with van der Waals surface area (Å²) in [6.07, 6.45) is 0.746. The summed E-state index contributed by atoms with van der Waals surface area (Å²) in [4.78, 5) is 46.1. The van der Waals surface area contributed by atoms with E-state index in [1.54, 1.807) is 18.2 Å². The van der Waals surface area contributed by atoms with Gasteiger partial charge in [0.1, 0.15) is 6.04 Å². The van der Waals surface area contributed by atoms with Gasteiger partial charge in [0.15, 0.2) is 0 Å². The fraction of sp³-hybridized carbons (Fsp3) is 0.286. The summed E-state index contributed by atoms with van der Waals surface area (Å²) >= 11 is 0.